The van der Waals surface area contributed by atoms with Crippen LogP contribution in [0.3, 0.4) is 0 Å². The van der Waals surface area contributed by atoms with Gasteiger partial charge in [0.25, 0.3) is 0 Å². The van der Waals surface area contributed by atoms with Gasteiger partial charge in [0.1, 0.15) is 6.29 Å². The maximum absolute atomic E-state index is 9.48. The number of carbonyl (C=O) groups excluding carboxylic acids is 1. The zero-order valence-electron chi connectivity index (χ0n) is 3.79. The maximum Gasteiger partial charge on any atom is 0.142 e. The Bertz CT molecular complexity index is 110. The van der Waals surface area contributed by atoms with Crippen LogP contribution in [0.5, 0.6) is 0 Å². The van der Waals surface area contributed by atoms with E-state index in [0.29, 0.717) is 12.7 Å². The van der Waals surface area contributed by atoms with Crippen LogP contribution in [0.1, 0.15) is 6.42 Å². The largest absolute Gasteiger partial charge is 0.299 e. The first-order valence-electron chi connectivity index (χ1n) is 1.89. The van der Waals surface area contributed by atoms with Crippen LogP contribution in [0, 0.1) is 11.3 Å². The average molecular weight is 95.1 g/mol. The van der Waals surface area contributed by atoms with Crippen LogP contribution in [-0.4, -0.2) is 6.29 Å². The van der Waals surface area contributed by atoms with Crippen molar-refractivity contribution in [2.75, 3.05) is 0 Å². The molecule has 0 amide bonds. The van der Waals surface area contributed by atoms with Gasteiger partial charge in [-0.25, -0.2) is 0 Å². The third kappa shape index (κ3) is 4.90. The van der Waals surface area contributed by atoms with Crippen LogP contribution in [0.4, 0.5) is 0 Å². The summed E-state index contributed by atoms with van der Waals surface area (Å²) in [6, 6.07) is 1.86. The number of hydrogen-bond acceptors (Lipinski definition) is 2. The third-order valence-corrected chi connectivity index (χ3v) is 0.424. The lowest BCUT2D eigenvalue weighted by atomic mass is 10.4. The molecule has 0 unspecified atom stereocenters. The molecule has 0 aliphatic rings. The Labute approximate surface area is 42.1 Å². The molecule has 0 aliphatic carbocycles. The highest BCUT2D eigenvalue weighted by atomic mass is 16.1. The predicted octanol–water partition coefficient (Wildman–Crippen LogP) is 0.655. The van der Waals surface area contributed by atoms with Gasteiger partial charge in [0.15, 0.2) is 0 Å². The van der Waals surface area contributed by atoms with E-state index in [-0.39, 0.29) is 0 Å². The second-order valence-electron chi connectivity index (χ2n) is 0.926. The molecule has 0 aromatic heterocycles. The second kappa shape index (κ2) is 4.90. The van der Waals surface area contributed by atoms with Gasteiger partial charge in [-0.3, -0.25) is 4.79 Å². The molecular weight excluding hydrogens is 90.1 g/mol. The average Bonchev–Trinajstić information content (AvgIpc) is 1.69. The molecule has 0 aliphatic heterocycles. The van der Waals surface area contributed by atoms with Gasteiger partial charge in [0.05, 0.1) is 12.5 Å². The Morgan fingerprint density at radius 3 is 2.86 bits per heavy atom. The van der Waals surface area contributed by atoms with Gasteiger partial charge in [-0.05, 0) is 6.08 Å². The molecular formula is C5H5NO. The monoisotopic (exact) mass is 95.0 g/mol. The van der Waals surface area contributed by atoms with Gasteiger partial charge in [-0.1, -0.05) is 6.08 Å². The van der Waals surface area contributed by atoms with Crippen molar-refractivity contribution >= 4 is 6.29 Å². The van der Waals surface area contributed by atoms with Crippen molar-refractivity contribution in [2.24, 2.45) is 0 Å². The molecule has 0 heterocycles. The van der Waals surface area contributed by atoms with E-state index in [4.69, 9.17) is 5.26 Å². The smallest absolute Gasteiger partial charge is 0.142 e. The molecule has 7 heavy (non-hydrogen) atoms. The highest BCUT2D eigenvalue weighted by Gasteiger charge is 1.65. The molecule has 0 N–H and O–H groups in total. The summed E-state index contributed by atoms with van der Waals surface area (Å²) in [6.45, 7) is 0. The molecule has 0 spiro atoms. The Morgan fingerprint density at radius 2 is 2.43 bits per heavy atom. The van der Waals surface area contributed by atoms with Crippen molar-refractivity contribution < 1.29 is 4.79 Å². The van der Waals surface area contributed by atoms with Crippen LogP contribution in [0.25, 0.3) is 0 Å². The van der Waals surface area contributed by atoms with Gasteiger partial charge in [-0.2, -0.15) is 5.26 Å². The molecule has 0 saturated heterocycles. The van der Waals surface area contributed by atoms with Crippen molar-refractivity contribution in [1.82, 2.24) is 0 Å². The normalized spacial score (nSPS) is 8.43. The standard InChI is InChI=1S/C5H5NO/c6-4-2-1-3-5-7/h1,3,5H,2H2. The highest BCUT2D eigenvalue weighted by Crippen LogP contribution is 1.73. The Kier molecular flexibility index (Phi) is 4.13. The van der Waals surface area contributed by atoms with Crippen LogP contribution >= 0.6 is 0 Å². The summed E-state index contributed by atoms with van der Waals surface area (Å²) < 4.78 is 0. The van der Waals surface area contributed by atoms with Crippen molar-refractivity contribution in [2.45, 2.75) is 6.42 Å². The molecule has 2 nitrogen and oxygen atoms in total. The summed E-state index contributed by atoms with van der Waals surface area (Å²) in [7, 11) is 0. The van der Waals surface area contributed by atoms with Crippen LogP contribution in [0.2, 0.25) is 0 Å². The predicted molar refractivity (Wildman–Crippen MR) is 25.4 cm³/mol. The first-order chi connectivity index (χ1) is 3.41. The molecule has 36 valence electrons. The Morgan fingerprint density at radius 1 is 1.71 bits per heavy atom. The second-order valence-corrected chi connectivity index (χ2v) is 0.926. The first-order valence-corrected chi connectivity index (χ1v) is 1.89. The zero-order chi connectivity index (χ0) is 5.54. The van der Waals surface area contributed by atoms with E-state index in [2.05, 4.69) is 0 Å². The molecule has 0 atom stereocenters. The summed E-state index contributed by atoms with van der Waals surface area (Å²) >= 11 is 0. The topological polar surface area (TPSA) is 40.9 Å². The number of aldehydes is 1. The quantitative estimate of drug-likeness (QED) is 0.373. The zero-order valence-corrected chi connectivity index (χ0v) is 3.79. The van der Waals surface area contributed by atoms with E-state index in [1.807, 2.05) is 6.07 Å². The Hall–Kier alpha value is -1.10. The minimum atomic E-state index is 0.318. The summed E-state index contributed by atoms with van der Waals surface area (Å²) in [5, 5.41) is 7.88. The summed E-state index contributed by atoms with van der Waals surface area (Å²) in [6.07, 6.45) is 3.78. The lowest BCUT2D eigenvalue weighted by molar-refractivity contribution is -0.104. The lowest BCUT2D eigenvalue weighted by Gasteiger charge is -1.63. The van der Waals surface area contributed by atoms with Gasteiger partial charge in [-0.15, -0.1) is 0 Å². The fraction of sp³-hybridized carbons (Fsp3) is 0.200. The fourth-order valence-electron chi connectivity index (χ4n) is 0.176. The Balaban J connectivity index is 3.13. The van der Waals surface area contributed by atoms with E-state index >= 15 is 0 Å². The number of carbonyl (C=O) groups is 1. The van der Waals surface area contributed by atoms with Gasteiger partial charge in [0, 0.05) is 0 Å². The van der Waals surface area contributed by atoms with Crippen LogP contribution in [-0.2, 0) is 4.79 Å². The molecule has 0 radical (unpaired) electrons. The third-order valence-electron chi connectivity index (χ3n) is 0.424. The molecule has 2 heteroatoms. The van der Waals surface area contributed by atoms with Crippen molar-refractivity contribution in [3.63, 3.8) is 0 Å². The van der Waals surface area contributed by atoms with E-state index in [9.17, 15) is 4.79 Å². The van der Waals surface area contributed by atoms with E-state index in [0.717, 1.165) is 0 Å². The number of hydrogen-bond donors (Lipinski definition) is 0. The minimum absolute atomic E-state index is 0.318. The van der Waals surface area contributed by atoms with Gasteiger partial charge >= 0.3 is 0 Å². The number of nitrogens with zero attached hydrogens (tertiary/aromatic N) is 1. The minimum Gasteiger partial charge on any atom is -0.299 e. The van der Waals surface area contributed by atoms with Crippen molar-refractivity contribution in [3.8, 4) is 6.07 Å². The highest BCUT2D eigenvalue weighted by molar-refractivity contribution is 5.64. The molecule has 0 bridgehead atoms. The van der Waals surface area contributed by atoms with E-state index in [1.54, 1.807) is 0 Å². The molecule has 0 saturated carbocycles. The van der Waals surface area contributed by atoms with E-state index < -0.39 is 0 Å². The molecule has 0 aromatic rings. The van der Waals surface area contributed by atoms with Gasteiger partial charge < -0.3 is 0 Å². The molecule has 0 fully saturated rings. The van der Waals surface area contributed by atoms with Crippen molar-refractivity contribution in [1.29, 1.82) is 5.26 Å². The van der Waals surface area contributed by atoms with Crippen LogP contribution in [0.15, 0.2) is 12.2 Å². The van der Waals surface area contributed by atoms with Gasteiger partial charge in [0.2, 0.25) is 0 Å². The number of rotatable bonds is 2. The summed E-state index contributed by atoms with van der Waals surface area (Å²) in [5.74, 6) is 0. The van der Waals surface area contributed by atoms with E-state index in [1.165, 1.54) is 12.2 Å². The number of nitriles is 1. The molecule has 0 aromatic carbocycles. The van der Waals surface area contributed by atoms with Crippen molar-refractivity contribution in [3.05, 3.63) is 12.2 Å². The maximum atomic E-state index is 9.48. The first kappa shape index (κ1) is 5.90. The summed E-state index contributed by atoms with van der Waals surface area (Å²) in [4.78, 5) is 9.48. The number of allylic oxidation sites excluding steroid dienone is 2. The fourth-order valence-corrected chi connectivity index (χ4v) is 0.176. The lowest BCUT2D eigenvalue weighted by Crippen LogP contribution is -1.58. The SMILES string of the molecule is N#CCC=CC=O. The summed E-state index contributed by atoms with van der Waals surface area (Å²) in [5.41, 5.74) is 0. The van der Waals surface area contributed by atoms with Crippen LogP contribution < -0.4 is 0 Å². The molecule has 0 rings (SSSR count).